The summed E-state index contributed by atoms with van der Waals surface area (Å²) in [5.41, 5.74) is 5.18. The molecule has 2 aliphatic heterocycles. The van der Waals surface area contributed by atoms with Crippen LogP contribution < -0.4 is 11.1 Å². The number of nitrogens with one attached hydrogen (secondary N) is 1. The van der Waals surface area contributed by atoms with Crippen molar-refractivity contribution in [1.29, 1.82) is 0 Å². The smallest absolute Gasteiger partial charge is 0.329 e. The topological polar surface area (TPSA) is 131 Å². The summed E-state index contributed by atoms with van der Waals surface area (Å²) in [6.45, 7) is 1.94. The first kappa shape index (κ1) is 18.6. The van der Waals surface area contributed by atoms with E-state index in [-0.39, 0.29) is 43.0 Å². The summed E-state index contributed by atoms with van der Waals surface area (Å²) in [7, 11) is 0. The van der Waals surface area contributed by atoms with Crippen molar-refractivity contribution in [3.8, 4) is 0 Å². The maximum atomic E-state index is 12.4. The molecule has 24 heavy (non-hydrogen) atoms. The summed E-state index contributed by atoms with van der Waals surface area (Å²) in [6.07, 6.45) is 1.52. The number of likely N-dealkylation sites (tertiary alicyclic amines) is 1. The van der Waals surface area contributed by atoms with Gasteiger partial charge in [-0.05, 0) is 32.4 Å². The van der Waals surface area contributed by atoms with E-state index in [0.717, 1.165) is 0 Å². The first-order valence-electron chi connectivity index (χ1n) is 8.18. The Morgan fingerprint density at radius 1 is 1.25 bits per heavy atom. The Morgan fingerprint density at radius 3 is 2.58 bits per heavy atom. The molecule has 2 fully saturated rings. The van der Waals surface area contributed by atoms with Crippen LogP contribution in [0, 0.1) is 5.92 Å². The first-order chi connectivity index (χ1) is 11.5. The lowest BCUT2D eigenvalue weighted by molar-refractivity contribution is -0.148. The number of rotatable bonds is 7. The number of aliphatic carboxylic acids is 1. The van der Waals surface area contributed by atoms with Crippen molar-refractivity contribution in [2.45, 2.75) is 31.4 Å². The van der Waals surface area contributed by atoms with Crippen molar-refractivity contribution >= 4 is 17.8 Å². The number of carboxylic acid groups (broad SMARTS) is 1. The zero-order valence-electron chi connectivity index (χ0n) is 13.6. The van der Waals surface area contributed by atoms with Gasteiger partial charge in [0.1, 0.15) is 6.61 Å². The van der Waals surface area contributed by atoms with Crippen molar-refractivity contribution in [1.82, 2.24) is 10.2 Å². The molecule has 0 aromatic carbocycles. The van der Waals surface area contributed by atoms with Crippen LogP contribution in [0.2, 0.25) is 0 Å². The number of piperidine rings is 1. The fraction of sp³-hybridized carbons (Fsp3) is 0.800. The van der Waals surface area contributed by atoms with Gasteiger partial charge in [-0.2, -0.15) is 0 Å². The molecule has 136 valence electrons. The van der Waals surface area contributed by atoms with Gasteiger partial charge in [0.15, 0.2) is 0 Å². The third-order valence-electron chi connectivity index (χ3n) is 4.38. The number of primary amides is 1. The molecule has 0 unspecified atom stereocenters. The van der Waals surface area contributed by atoms with E-state index in [1.54, 1.807) is 0 Å². The molecule has 0 bridgehead atoms. The van der Waals surface area contributed by atoms with Gasteiger partial charge >= 0.3 is 5.97 Å². The summed E-state index contributed by atoms with van der Waals surface area (Å²) in [5.74, 6) is -1.60. The molecule has 0 radical (unpaired) electrons. The van der Waals surface area contributed by atoms with Crippen LogP contribution in [0.25, 0.3) is 0 Å². The van der Waals surface area contributed by atoms with E-state index < -0.39 is 5.97 Å². The fourth-order valence-electron chi connectivity index (χ4n) is 3.10. The van der Waals surface area contributed by atoms with Crippen molar-refractivity contribution < 1.29 is 29.0 Å². The van der Waals surface area contributed by atoms with Gasteiger partial charge < -0.3 is 25.6 Å². The molecule has 9 heteroatoms. The van der Waals surface area contributed by atoms with Gasteiger partial charge in [0.05, 0.1) is 25.3 Å². The van der Waals surface area contributed by atoms with Crippen LogP contribution >= 0.6 is 0 Å². The predicted octanol–water partition coefficient (Wildman–Crippen LogP) is -1.44. The van der Waals surface area contributed by atoms with Crippen molar-refractivity contribution in [2.24, 2.45) is 11.7 Å². The Morgan fingerprint density at radius 2 is 1.96 bits per heavy atom. The van der Waals surface area contributed by atoms with Crippen LogP contribution in [0.5, 0.6) is 0 Å². The molecule has 0 saturated carbocycles. The minimum Gasteiger partial charge on any atom is -0.480 e. The molecule has 0 aliphatic carbocycles. The molecular weight excluding hydrogens is 318 g/mol. The fourth-order valence-corrected chi connectivity index (χ4v) is 3.10. The highest BCUT2D eigenvalue weighted by Crippen LogP contribution is 2.19. The molecule has 2 amide bonds. The SMILES string of the molecule is NC(=O)CN1CCC(C(=O)N[C@@H]2COCC[C@@H]2OCC(=O)O)CC1. The Labute approximate surface area is 140 Å². The van der Waals surface area contributed by atoms with Crippen molar-refractivity contribution in [3.05, 3.63) is 0 Å². The van der Waals surface area contributed by atoms with Gasteiger partial charge in [-0.25, -0.2) is 4.79 Å². The number of carboxylic acids is 1. The summed E-state index contributed by atoms with van der Waals surface area (Å²) in [4.78, 5) is 35.9. The Hall–Kier alpha value is -1.71. The molecule has 9 nitrogen and oxygen atoms in total. The van der Waals surface area contributed by atoms with E-state index in [1.807, 2.05) is 4.90 Å². The molecule has 2 aliphatic rings. The standard InChI is InChI=1S/C15H25N3O6/c16-13(19)7-18-4-1-10(2-5-18)15(22)17-11-8-23-6-3-12(11)24-9-14(20)21/h10-12H,1-9H2,(H2,16,19)(H,17,22)(H,20,21)/t11-,12+/m1/s1. The third kappa shape index (κ3) is 5.73. The normalized spacial score (nSPS) is 26.0. The summed E-state index contributed by atoms with van der Waals surface area (Å²) in [5, 5.41) is 11.6. The molecule has 2 heterocycles. The van der Waals surface area contributed by atoms with E-state index >= 15 is 0 Å². The van der Waals surface area contributed by atoms with Crippen LogP contribution in [-0.4, -0.2) is 79.4 Å². The average molecular weight is 343 g/mol. The summed E-state index contributed by atoms with van der Waals surface area (Å²) >= 11 is 0. The van der Waals surface area contributed by atoms with Gasteiger partial charge in [-0.3, -0.25) is 14.5 Å². The number of carbonyl (C=O) groups excluding carboxylic acids is 2. The van der Waals surface area contributed by atoms with Gasteiger partial charge in [0, 0.05) is 12.5 Å². The second-order valence-corrected chi connectivity index (χ2v) is 6.24. The lowest BCUT2D eigenvalue weighted by Gasteiger charge is -2.34. The molecule has 2 saturated heterocycles. The second kappa shape index (κ2) is 8.95. The molecule has 2 atom stereocenters. The Kier molecular flexibility index (Phi) is 6.95. The van der Waals surface area contributed by atoms with E-state index in [9.17, 15) is 14.4 Å². The molecule has 0 aromatic rings. The molecule has 4 N–H and O–H groups in total. The minimum atomic E-state index is -1.03. The van der Waals surface area contributed by atoms with Crippen LogP contribution in [0.4, 0.5) is 0 Å². The number of ether oxygens (including phenoxy) is 2. The zero-order chi connectivity index (χ0) is 17.5. The van der Waals surface area contributed by atoms with Crippen molar-refractivity contribution in [2.75, 3.05) is 39.5 Å². The third-order valence-corrected chi connectivity index (χ3v) is 4.38. The molecule has 2 rings (SSSR count). The number of nitrogens with two attached hydrogens (primary N) is 1. The number of amides is 2. The van der Waals surface area contributed by atoms with Crippen LogP contribution in [0.15, 0.2) is 0 Å². The second-order valence-electron chi connectivity index (χ2n) is 6.24. The zero-order valence-corrected chi connectivity index (χ0v) is 13.6. The van der Waals surface area contributed by atoms with Crippen molar-refractivity contribution in [3.63, 3.8) is 0 Å². The maximum absolute atomic E-state index is 12.4. The van der Waals surface area contributed by atoms with E-state index in [1.165, 1.54) is 0 Å². The number of hydrogen-bond donors (Lipinski definition) is 3. The Balaban J connectivity index is 1.79. The number of carbonyl (C=O) groups is 3. The highest BCUT2D eigenvalue weighted by atomic mass is 16.5. The minimum absolute atomic E-state index is 0.0758. The van der Waals surface area contributed by atoms with Gasteiger partial charge in [0.2, 0.25) is 11.8 Å². The highest BCUT2D eigenvalue weighted by Gasteiger charge is 2.32. The molecular formula is C15H25N3O6. The average Bonchev–Trinajstić information content (AvgIpc) is 2.54. The van der Waals surface area contributed by atoms with Crippen LogP contribution in [0.1, 0.15) is 19.3 Å². The largest absolute Gasteiger partial charge is 0.480 e. The van der Waals surface area contributed by atoms with E-state index in [0.29, 0.717) is 45.6 Å². The maximum Gasteiger partial charge on any atom is 0.329 e. The van der Waals surface area contributed by atoms with Gasteiger partial charge in [-0.1, -0.05) is 0 Å². The molecule has 0 aromatic heterocycles. The van der Waals surface area contributed by atoms with Gasteiger partial charge in [-0.15, -0.1) is 0 Å². The van der Waals surface area contributed by atoms with Crippen LogP contribution in [0.3, 0.4) is 0 Å². The monoisotopic (exact) mass is 343 g/mol. The highest BCUT2D eigenvalue weighted by molar-refractivity contribution is 5.79. The quantitative estimate of drug-likeness (QED) is 0.516. The lowest BCUT2D eigenvalue weighted by Crippen LogP contribution is -2.53. The lowest BCUT2D eigenvalue weighted by atomic mass is 9.95. The Bertz CT molecular complexity index is 464. The number of hydrogen-bond acceptors (Lipinski definition) is 6. The van der Waals surface area contributed by atoms with E-state index in [4.69, 9.17) is 20.3 Å². The predicted molar refractivity (Wildman–Crippen MR) is 83.1 cm³/mol. The summed E-state index contributed by atoms with van der Waals surface area (Å²) < 4.78 is 10.7. The van der Waals surface area contributed by atoms with Gasteiger partial charge in [0.25, 0.3) is 0 Å². The number of nitrogens with zero attached hydrogens (tertiary/aromatic N) is 1. The molecule has 0 spiro atoms. The first-order valence-corrected chi connectivity index (χ1v) is 8.18. The van der Waals surface area contributed by atoms with E-state index in [2.05, 4.69) is 5.32 Å². The summed E-state index contributed by atoms with van der Waals surface area (Å²) in [6, 6.07) is -0.339. The van der Waals surface area contributed by atoms with Crippen LogP contribution in [-0.2, 0) is 23.9 Å².